The Morgan fingerprint density at radius 1 is 1.11 bits per heavy atom. The van der Waals surface area contributed by atoms with Crippen molar-refractivity contribution in [3.63, 3.8) is 0 Å². The van der Waals surface area contributed by atoms with E-state index in [1.807, 2.05) is 0 Å². The van der Waals surface area contributed by atoms with E-state index in [-0.39, 0.29) is 0 Å². The lowest BCUT2D eigenvalue weighted by atomic mass is 9.91. The number of alkyl halides is 1. The number of hydrogen-bond donors (Lipinski definition) is 0. The van der Waals surface area contributed by atoms with Crippen LogP contribution in [0.4, 0.5) is 0 Å². The summed E-state index contributed by atoms with van der Waals surface area (Å²) >= 11 is 7.62. The van der Waals surface area contributed by atoms with Crippen LogP contribution >= 0.6 is 31.9 Å². The highest BCUT2D eigenvalue weighted by atomic mass is 79.9. The van der Waals surface area contributed by atoms with Crippen LogP contribution in [-0.2, 0) is 6.42 Å². The molecule has 0 N–H and O–H groups in total. The van der Waals surface area contributed by atoms with Gasteiger partial charge in [0.1, 0.15) is 5.75 Å². The summed E-state index contributed by atoms with van der Waals surface area (Å²) in [5, 5.41) is 0. The summed E-state index contributed by atoms with van der Waals surface area (Å²) in [6.07, 6.45) is 9.31. The van der Waals surface area contributed by atoms with Crippen LogP contribution in [0.2, 0.25) is 0 Å². The van der Waals surface area contributed by atoms with Crippen molar-refractivity contribution in [1.29, 1.82) is 0 Å². The van der Waals surface area contributed by atoms with Gasteiger partial charge in [-0.1, -0.05) is 57.5 Å². The van der Waals surface area contributed by atoms with E-state index in [0.717, 1.165) is 24.7 Å². The molecule has 0 aromatic heterocycles. The molecule has 1 aromatic rings. The molecule has 0 saturated heterocycles. The zero-order valence-electron chi connectivity index (χ0n) is 11.1. The van der Waals surface area contributed by atoms with E-state index in [2.05, 4.69) is 44.0 Å². The van der Waals surface area contributed by atoms with E-state index in [1.165, 1.54) is 54.1 Å². The van der Waals surface area contributed by atoms with Crippen LogP contribution in [0.25, 0.3) is 0 Å². The monoisotopic (exact) mass is 386 g/mol. The molecular weight excluding hydrogens is 368 g/mol. The first-order valence-electron chi connectivity index (χ1n) is 7.35. The summed E-state index contributed by atoms with van der Waals surface area (Å²) < 4.78 is 7.06. The summed E-state index contributed by atoms with van der Waals surface area (Å²) in [7, 11) is 0. The maximum absolute atomic E-state index is 5.88. The lowest BCUT2D eigenvalue weighted by Gasteiger charge is -2.23. The SMILES string of the molecule is Brc1cc2c(c(C(Br)C3CCCCCC3)c1)OCC2. The molecular formula is C16H20Br2O. The molecule has 1 fully saturated rings. The lowest BCUT2D eigenvalue weighted by Crippen LogP contribution is -2.08. The molecule has 1 unspecified atom stereocenters. The van der Waals surface area contributed by atoms with Gasteiger partial charge in [0.2, 0.25) is 0 Å². The summed E-state index contributed by atoms with van der Waals surface area (Å²) in [5.41, 5.74) is 2.72. The summed E-state index contributed by atoms with van der Waals surface area (Å²) in [4.78, 5) is 0.440. The second-order valence-corrected chi connectivity index (χ2v) is 7.64. The first kappa shape index (κ1) is 13.9. The van der Waals surface area contributed by atoms with Crippen molar-refractivity contribution >= 4 is 31.9 Å². The summed E-state index contributed by atoms with van der Waals surface area (Å²) in [5.74, 6) is 1.90. The Balaban J connectivity index is 1.88. The molecule has 1 aliphatic carbocycles. The summed E-state index contributed by atoms with van der Waals surface area (Å²) in [6.45, 7) is 0.836. The average molecular weight is 388 g/mol. The van der Waals surface area contributed by atoms with Crippen LogP contribution in [0.5, 0.6) is 5.75 Å². The van der Waals surface area contributed by atoms with Gasteiger partial charge in [-0.25, -0.2) is 0 Å². The van der Waals surface area contributed by atoms with Gasteiger partial charge >= 0.3 is 0 Å². The van der Waals surface area contributed by atoms with E-state index in [0.29, 0.717) is 4.83 Å². The number of ether oxygens (including phenoxy) is 1. The normalized spacial score (nSPS) is 21.6. The van der Waals surface area contributed by atoms with Gasteiger partial charge in [-0.05, 0) is 36.5 Å². The molecule has 3 rings (SSSR count). The minimum atomic E-state index is 0.440. The molecule has 1 aliphatic heterocycles. The van der Waals surface area contributed by atoms with Gasteiger partial charge in [-0.2, -0.15) is 0 Å². The Labute approximate surface area is 132 Å². The number of halogens is 2. The quantitative estimate of drug-likeness (QED) is 0.460. The molecule has 1 aromatic carbocycles. The Morgan fingerprint density at radius 2 is 1.84 bits per heavy atom. The first-order valence-corrected chi connectivity index (χ1v) is 9.06. The minimum Gasteiger partial charge on any atom is -0.493 e. The standard InChI is InChI=1S/C16H20Br2O/c17-13-9-12-7-8-19-16(12)14(10-13)15(18)11-5-3-1-2-4-6-11/h9-11,15H,1-8H2. The van der Waals surface area contributed by atoms with Gasteiger partial charge < -0.3 is 4.74 Å². The van der Waals surface area contributed by atoms with Gasteiger partial charge in [0.15, 0.2) is 0 Å². The zero-order valence-corrected chi connectivity index (χ0v) is 14.3. The van der Waals surface area contributed by atoms with Gasteiger partial charge in [-0.3, -0.25) is 0 Å². The van der Waals surface area contributed by atoms with Crippen molar-refractivity contribution < 1.29 is 4.74 Å². The lowest BCUT2D eigenvalue weighted by molar-refractivity contribution is 0.348. The van der Waals surface area contributed by atoms with Crippen molar-refractivity contribution in [3.05, 3.63) is 27.7 Å². The van der Waals surface area contributed by atoms with Crippen LogP contribution < -0.4 is 4.74 Å². The Hall–Kier alpha value is -0.0200. The molecule has 1 nitrogen and oxygen atoms in total. The summed E-state index contributed by atoms with van der Waals surface area (Å²) in [6, 6.07) is 4.45. The van der Waals surface area contributed by atoms with Crippen molar-refractivity contribution in [3.8, 4) is 5.75 Å². The highest BCUT2D eigenvalue weighted by molar-refractivity contribution is 9.10. The van der Waals surface area contributed by atoms with E-state index in [4.69, 9.17) is 4.74 Å². The minimum absolute atomic E-state index is 0.440. The van der Waals surface area contributed by atoms with E-state index in [9.17, 15) is 0 Å². The third-order valence-electron chi connectivity index (χ3n) is 4.39. The highest BCUT2D eigenvalue weighted by Crippen LogP contribution is 2.46. The molecule has 2 aliphatic rings. The van der Waals surface area contributed by atoms with Gasteiger partial charge in [-0.15, -0.1) is 0 Å². The maximum Gasteiger partial charge on any atom is 0.127 e. The van der Waals surface area contributed by atoms with Gasteiger partial charge in [0.05, 0.1) is 6.61 Å². The van der Waals surface area contributed by atoms with E-state index < -0.39 is 0 Å². The molecule has 0 radical (unpaired) electrons. The average Bonchev–Trinajstić information content (AvgIpc) is 2.70. The topological polar surface area (TPSA) is 9.23 Å². The van der Waals surface area contributed by atoms with E-state index in [1.54, 1.807) is 0 Å². The fraction of sp³-hybridized carbons (Fsp3) is 0.625. The fourth-order valence-electron chi connectivity index (χ4n) is 3.36. The zero-order chi connectivity index (χ0) is 13.2. The maximum atomic E-state index is 5.88. The Morgan fingerprint density at radius 3 is 2.58 bits per heavy atom. The first-order chi connectivity index (χ1) is 9.25. The third kappa shape index (κ3) is 3.02. The molecule has 104 valence electrons. The van der Waals surface area contributed by atoms with E-state index >= 15 is 0 Å². The van der Waals surface area contributed by atoms with Gasteiger partial charge in [0, 0.05) is 21.3 Å². The Kier molecular flexibility index (Phi) is 4.53. The smallest absolute Gasteiger partial charge is 0.127 e. The molecule has 1 atom stereocenters. The molecule has 0 amide bonds. The van der Waals surface area contributed by atoms with Crippen molar-refractivity contribution in [2.24, 2.45) is 5.92 Å². The third-order valence-corrected chi connectivity index (χ3v) is 6.09. The predicted octanol–water partition coefficient (Wildman–Crippen LogP) is 5.79. The number of hydrogen-bond acceptors (Lipinski definition) is 1. The number of benzene rings is 1. The van der Waals surface area contributed by atoms with Crippen LogP contribution in [0.15, 0.2) is 16.6 Å². The molecule has 1 saturated carbocycles. The molecule has 1 heterocycles. The van der Waals surface area contributed by atoms with Crippen molar-refractivity contribution in [1.82, 2.24) is 0 Å². The van der Waals surface area contributed by atoms with Crippen molar-refractivity contribution in [2.45, 2.75) is 49.8 Å². The van der Waals surface area contributed by atoms with Crippen molar-refractivity contribution in [2.75, 3.05) is 6.61 Å². The van der Waals surface area contributed by atoms with Gasteiger partial charge in [0.25, 0.3) is 0 Å². The molecule has 19 heavy (non-hydrogen) atoms. The van der Waals surface area contributed by atoms with Crippen LogP contribution in [0.3, 0.4) is 0 Å². The molecule has 3 heteroatoms. The number of fused-ring (bicyclic) bond motifs is 1. The second kappa shape index (κ2) is 6.17. The molecule has 0 bridgehead atoms. The second-order valence-electron chi connectivity index (χ2n) is 5.74. The van der Waals surface area contributed by atoms with Crippen LogP contribution in [0.1, 0.15) is 54.5 Å². The highest BCUT2D eigenvalue weighted by Gasteiger charge is 2.27. The Bertz CT molecular complexity index is 450. The van der Waals surface area contributed by atoms with Crippen LogP contribution in [0, 0.1) is 5.92 Å². The predicted molar refractivity (Wildman–Crippen MR) is 86.2 cm³/mol. The van der Waals surface area contributed by atoms with Crippen LogP contribution in [-0.4, -0.2) is 6.61 Å². The molecule has 0 spiro atoms. The number of rotatable bonds is 2. The fourth-order valence-corrected chi connectivity index (χ4v) is 4.75. The largest absolute Gasteiger partial charge is 0.493 e.